The van der Waals surface area contributed by atoms with Gasteiger partial charge < -0.3 is 5.32 Å². The predicted octanol–water partition coefficient (Wildman–Crippen LogP) is 7.02. The summed E-state index contributed by atoms with van der Waals surface area (Å²) < 4.78 is 0. The molecule has 25 heavy (non-hydrogen) atoms. The van der Waals surface area contributed by atoms with Gasteiger partial charge in [-0.25, -0.2) is 0 Å². The average Bonchev–Trinajstić information content (AvgIpc) is 2.58. The van der Waals surface area contributed by atoms with E-state index in [4.69, 9.17) is 4.99 Å². The zero-order valence-corrected chi connectivity index (χ0v) is 17.0. The van der Waals surface area contributed by atoms with E-state index in [-0.39, 0.29) is 0 Å². The molecule has 0 bridgehead atoms. The van der Waals surface area contributed by atoms with Crippen LogP contribution in [-0.4, -0.2) is 17.2 Å². The van der Waals surface area contributed by atoms with Gasteiger partial charge in [-0.1, -0.05) is 38.1 Å². The second-order valence-electron chi connectivity index (χ2n) is 5.54. The number of rotatable bonds is 8. The van der Waals surface area contributed by atoms with E-state index in [0.717, 1.165) is 34.3 Å². The minimum absolute atomic E-state index is 0.995. The van der Waals surface area contributed by atoms with E-state index in [9.17, 15) is 0 Å². The minimum atomic E-state index is 0.995. The molecular formula is C21H26N2S2. The fraction of sp³-hybridized carbons (Fsp3) is 0.286. The number of hydrogen-bond acceptors (Lipinski definition) is 4. The van der Waals surface area contributed by atoms with E-state index in [1.54, 1.807) is 0 Å². The molecule has 0 aromatic heterocycles. The Labute approximate surface area is 160 Å². The highest BCUT2D eigenvalue weighted by molar-refractivity contribution is 7.99. The molecule has 1 N–H and O–H groups in total. The van der Waals surface area contributed by atoms with Gasteiger partial charge >= 0.3 is 0 Å². The van der Waals surface area contributed by atoms with Crippen molar-refractivity contribution in [3.63, 3.8) is 0 Å². The fourth-order valence-corrected chi connectivity index (χ4v) is 3.97. The van der Waals surface area contributed by atoms with Gasteiger partial charge in [-0.2, -0.15) is 0 Å². The Morgan fingerprint density at radius 3 is 2.24 bits per heavy atom. The summed E-state index contributed by atoms with van der Waals surface area (Å²) in [4.78, 5) is 7.30. The Balaban J connectivity index is 2.17. The van der Waals surface area contributed by atoms with Gasteiger partial charge in [0.05, 0.1) is 11.4 Å². The highest BCUT2D eigenvalue weighted by Crippen LogP contribution is 2.30. The van der Waals surface area contributed by atoms with Gasteiger partial charge in [0.25, 0.3) is 0 Å². The van der Waals surface area contributed by atoms with Crippen molar-refractivity contribution in [2.75, 3.05) is 16.8 Å². The van der Waals surface area contributed by atoms with Crippen LogP contribution in [0.1, 0.15) is 27.7 Å². The van der Waals surface area contributed by atoms with Crippen LogP contribution in [-0.2, 0) is 0 Å². The molecule has 0 atom stereocenters. The Morgan fingerprint density at radius 2 is 1.52 bits per heavy atom. The SMILES string of the molecule is CCSc1ccccc1/N=C(C)/C=C(/C)Nc1ccccc1SCC. The zero-order chi connectivity index (χ0) is 18.1. The van der Waals surface area contributed by atoms with Gasteiger partial charge in [-0.05, 0) is 55.7 Å². The van der Waals surface area contributed by atoms with Gasteiger partial charge in [-0.15, -0.1) is 23.5 Å². The van der Waals surface area contributed by atoms with Crippen molar-refractivity contribution in [3.05, 3.63) is 60.3 Å². The summed E-state index contributed by atoms with van der Waals surface area (Å²) in [5.74, 6) is 2.11. The van der Waals surface area contributed by atoms with Gasteiger partial charge in [0, 0.05) is 21.2 Å². The summed E-state index contributed by atoms with van der Waals surface area (Å²) in [6.45, 7) is 8.47. The summed E-state index contributed by atoms with van der Waals surface area (Å²) in [6.07, 6.45) is 2.10. The van der Waals surface area contributed by atoms with E-state index in [1.165, 1.54) is 9.79 Å². The lowest BCUT2D eigenvalue weighted by Gasteiger charge is -2.11. The molecule has 0 aliphatic heterocycles. The van der Waals surface area contributed by atoms with Gasteiger partial charge in [0.15, 0.2) is 0 Å². The lowest BCUT2D eigenvalue weighted by molar-refractivity contribution is 1.31. The number of para-hydroxylation sites is 2. The Kier molecular flexibility index (Phi) is 8.16. The number of aliphatic imine (C=N–C) groups is 1. The minimum Gasteiger partial charge on any atom is -0.358 e. The molecule has 4 heteroatoms. The standard InChI is InChI=1S/C21H26N2S2/c1-5-24-20-13-9-7-11-18(20)22-16(3)15-17(4)23-19-12-8-10-14-21(19)25-6-2/h7-15,22H,5-6H2,1-4H3/b16-15-,23-17+. The molecule has 2 aromatic rings. The molecule has 0 spiro atoms. The molecule has 0 fully saturated rings. The first-order chi connectivity index (χ1) is 12.1. The van der Waals surface area contributed by atoms with Crippen LogP contribution in [0.4, 0.5) is 11.4 Å². The van der Waals surface area contributed by atoms with Crippen LogP contribution in [0.5, 0.6) is 0 Å². The van der Waals surface area contributed by atoms with E-state index in [0.29, 0.717) is 0 Å². The summed E-state index contributed by atoms with van der Waals surface area (Å²) in [5, 5.41) is 3.51. The third-order valence-electron chi connectivity index (χ3n) is 3.41. The first kappa shape index (κ1) is 19.7. The predicted molar refractivity (Wildman–Crippen MR) is 116 cm³/mol. The van der Waals surface area contributed by atoms with Crippen LogP contribution in [0.3, 0.4) is 0 Å². The third-order valence-corrected chi connectivity index (χ3v) is 5.31. The van der Waals surface area contributed by atoms with Crippen molar-refractivity contribution in [1.82, 2.24) is 0 Å². The molecule has 0 saturated heterocycles. The van der Waals surface area contributed by atoms with Gasteiger partial charge in [-0.3, -0.25) is 4.99 Å². The Bertz CT molecular complexity index is 751. The maximum absolute atomic E-state index is 4.79. The van der Waals surface area contributed by atoms with Crippen LogP contribution in [0.25, 0.3) is 0 Å². The monoisotopic (exact) mass is 370 g/mol. The van der Waals surface area contributed by atoms with E-state index >= 15 is 0 Å². The van der Waals surface area contributed by atoms with Crippen LogP contribution in [0.2, 0.25) is 0 Å². The van der Waals surface area contributed by atoms with Crippen molar-refractivity contribution in [2.45, 2.75) is 37.5 Å². The molecule has 0 radical (unpaired) electrons. The van der Waals surface area contributed by atoms with Crippen molar-refractivity contribution < 1.29 is 0 Å². The number of benzene rings is 2. The number of allylic oxidation sites excluding steroid dienone is 2. The smallest absolute Gasteiger partial charge is 0.0768 e. The summed E-state index contributed by atoms with van der Waals surface area (Å²) >= 11 is 3.68. The van der Waals surface area contributed by atoms with E-state index < -0.39 is 0 Å². The second-order valence-corrected chi connectivity index (χ2v) is 8.15. The Hall–Kier alpha value is -1.65. The first-order valence-corrected chi connectivity index (χ1v) is 10.6. The molecular weight excluding hydrogens is 344 g/mol. The van der Waals surface area contributed by atoms with Crippen molar-refractivity contribution in [3.8, 4) is 0 Å². The number of thioether (sulfide) groups is 2. The molecule has 2 nitrogen and oxygen atoms in total. The lowest BCUT2D eigenvalue weighted by Crippen LogP contribution is -1.99. The van der Waals surface area contributed by atoms with E-state index in [1.807, 2.05) is 36.5 Å². The molecule has 0 unspecified atom stereocenters. The molecule has 0 aliphatic rings. The second kappa shape index (κ2) is 10.4. The summed E-state index contributed by atoms with van der Waals surface area (Å²) in [7, 11) is 0. The molecule has 0 saturated carbocycles. The normalized spacial score (nSPS) is 12.3. The highest BCUT2D eigenvalue weighted by Gasteiger charge is 2.03. The van der Waals surface area contributed by atoms with E-state index in [2.05, 4.69) is 74.6 Å². The molecule has 2 rings (SSSR count). The Morgan fingerprint density at radius 1 is 0.920 bits per heavy atom. The number of nitrogens with one attached hydrogen (secondary N) is 1. The number of nitrogens with zero attached hydrogens (tertiary/aromatic N) is 1. The summed E-state index contributed by atoms with van der Waals surface area (Å²) in [6, 6.07) is 16.7. The quantitative estimate of drug-likeness (QED) is 0.399. The topological polar surface area (TPSA) is 24.4 Å². The van der Waals surface area contributed by atoms with Crippen LogP contribution in [0.15, 0.2) is 75.1 Å². The maximum atomic E-state index is 4.79. The van der Waals surface area contributed by atoms with Crippen molar-refractivity contribution in [2.24, 2.45) is 4.99 Å². The zero-order valence-electron chi connectivity index (χ0n) is 15.4. The van der Waals surface area contributed by atoms with Crippen molar-refractivity contribution >= 4 is 40.6 Å². The van der Waals surface area contributed by atoms with Crippen LogP contribution >= 0.6 is 23.5 Å². The highest BCUT2D eigenvalue weighted by atomic mass is 32.2. The van der Waals surface area contributed by atoms with Crippen LogP contribution in [0, 0.1) is 0 Å². The molecule has 132 valence electrons. The average molecular weight is 371 g/mol. The van der Waals surface area contributed by atoms with Gasteiger partial charge in [0.1, 0.15) is 0 Å². The fourth-order valence-electron chi connectivity index (χ4n) is 2.46. The van der Waals surface area contributed by atoms with Crippen molar-refractivity contribution in [1.29, 1.82) is 0 Å². The maximum Gasteiger partial charge on any atom is 0.0768 e. The molecule has 0 heterocycles. The number of hydrogen-bond donors (Lipinski definition) is 1. The molecule has 0 amide bonds. The first-order valence-electron chi connectivity index (χ1n) is 8.58. The van der Waals surface area contributed by atoms with Crippen LogP contribution < -0.4 is 5.32 Å². The molecule has 2 aromatic carbocycles. The number of anilines is 1. The summed E-state index contributed by atoms with van der Waals surface area (Å²) in [5.41, 5.74) is 4.27. The molecule has 0 aliphatic carbocycles. The lowest BCUT2D eigenvalue weighted by atomic mass is 10.2. The third kappa shape index (κ3) is 6.29. The van der Waals surface area contributed by atoms with Gasteiger partial charge in [0.2, 0.25) is 0 Å². The largest absolute Gasteiger partial charge is 0.358 e.